The average molecular weight is 244 g/mol. The van der Waals surface area contributed by atoms with Crippen LogP contribution in [-0.2, 0) is 0 Å². The third-order valence-electron chi connectivity index (χ3n) is 3.81. The largest absolute Gasteiger partial charge is 0.493 e. The first kappa shape index (κ1) is 13.2. The molecule has 2 rings (SSSR count). The number of benzene rings is 1. The molecule has 1 aromatic rings. The minimum atomic E-state index is 0.769. The van der Waals surface area contributed by atoms with Gasteiger partial charge in [-0.15, -0.1) is 0 Å². The Labute approximate surface area is 111 Å². The Bertz CT molecular complexity index is 400. The van der Waals surface area contributed by atoms with Gasteiger partial charge in [-0.1, -0.05) is 37.5 Å². The van der Waals surface area contributed by atoms with E-state index in [1.54, 1.807) is 0 Å². The zero-order valence-electron chi connectivity index (χ0n) is 11.6. The summed E-state index contributed by atoms with van der Waals surface area (Å²) in [6.07, 6.45) is 11.1. The van der Waals surface area contributed by atoms with Crippen molar-refractivity contribution in [1.29, 1.82) is 0 Å². The van der Waals surface area contributed by atoms with Crippen LogP contribution in [0.1, 0.15) is 50.2 Å². The lowest BCUT2D eigenvalue weighted by molar-refractivity contribution is 0.209. The van der Waals surface area contributed by atoms with Crippen LogP contribution in [0.2, 0.25) is 0 Å². The van der Waals surface area contributed by atoms with E-state index < -0.39 is 0 Å². The van der Waals surface area contributed by atoms with Crippen LogP contribution in [0.25, 0.3) is 6.08 Å². The summed E-state index contributed by atoms with van der Waals surface area (Å²) in [4.78, 5) is 0. The van der Waals surface area contributed by atoms with Crippen LogP contribution < -0.4 is 4.74 Å². The van der Waals surface area contributed by atoms with E-state index in [0.717, 1.165) is 18.3 Å². The van der Waals surface area contributed by atoms with E-state index in [4.69, 9.17) is 4.74 Å². The Hall–Kier alpha value is -1.24. The van der Waals surface area contributed by atoms with Crippen LogP contribution in [0.5, 0.6) is 5.75 Å². The summed E-state index contributed by atoms with van der Waals surface area (Å²) in [5.74, 6) is 1.78. The number of allylic oxidation sites excluding steroid dienone is 1. The maximum Gasteiger partial charge on any atom is 0.119 e. The fourth-order valence-electron chi connectivity index (χ4n) is 2.64. The second-order valence-electron chi connectivity index (χ2n) is 5.33. The molecule has 0 saturated heterocycles. The van der Waals surface area contributed by atoms with Gasteiger partial charge in [0.2, 0.25) is 0 Å². The molecule has 0 bridgehead atoms. The molecule has 0 aliphatic heterocycles. The Kier molecular flexibility index (Phi) is 4.86. The van der Waals surface area contributed by atoms with Crippen molar-refractivity contribution in [3.05, 3.63) is 35.4 Å². The zero-order chi connectivity index (χ0) is 12.8. The predicted octanol–water partition coefficient (Wildman–Crippen LogP) is 4.99. The molecule has 0 heterocycles. The fraction of sp³-hybridized carbons (Fsp3) is 0.529. The van der Waals surface area contributed by atoms with E-state index >= 15 is 0 Å². The summed E-state index contributed by atoms with van der Waals surface area (Å²) in [6, 6.07) is 6.38. The molecular formula is C17H24O. The lowest BCUT2D eigenvalue weighted by atomic mass is 9.90. The van der Waals surface area contributed by atoms with Gasteiger partial charge in [-0.05, 0) is 55.9 Å². The van der Waals surface area contributed by atoms with Crippen molar-refractivity contribution in [2.45, 2.75) is 46.0 Å². The van der Waals surface area contributed by atoms with Gasteiger partial charge in [-0.25, -0.2) is 0 Å². The van der Waals surface area contributed by atoms with E-state index in [-0.39, 0.29) is 0 Å². The van der Waals surface area contributed by atoms with Crippen molar-refractivity contribution in [2.75, 3.05) is 6.61 Å². The number of hydrogen-bond donors (Lipinski definition) is 0. The van der Waals surface area contributed by atoms with Crippen molar-refractivity contribution in [3.8, 4) is 5.75 Å². The van der Waals surface area contributed by atoms with E-state index in [2.05, 4.69) is 44.2 Å². The highest BCUT2D eigenvalue weighted by Crippen LogP contribution is 2.25. The molecule has 1 saturated carbocycles. The van der Waals surface area contributed by atoms with Gasteiger partial charge in [0.05, 0.1) is 6.61 Å². The molecule has 0 amide bonds. The van der Waals surface area contributed by atoms with E-state index in [9.17, 15) is 0 Å². The van der Waals surface area contributed by atoms with E-state index in [1.807, 2.05) is 0 Å². The van der Waals surface area contributed by atoms with Gasteiger partial charge in [0, 0.05) is 0 Å². The topological polar surface area (TPSA) is 9.23 Å². The molecule has 0 spiro atoms. The lowest BCUT2D eigenvalue weighted by Gasteiger charge is -2.21. The number of ether oxygens (including phenoxy) is 1. The second kappa shape index (κ2) is 6.63. The van der Waals surface area contributed by atoms with Gasteiger partial charge >= 0.3 is 0 Å². The molecular weight excluding hydrogens is 220 g/mol. The first-order valence-electron chi connectivity index (χ1n) is 7.15. The molecule has 0 atom stereocenters. The minimum absolute atomic E-state index is 0.769. The van der Waals surface area contributed by atoms with Gasteiger partial charge in [-0.3, -0.25) is 0 Å². The Morgan fingerprint density at radius 2 is 2.00 bits per heavy atom. The molecule has 1 fully saturated rings. The summed E-state index contributed by atoms with van der Waals surface area (Å²) in [6.45, 7) is 5.08. The van der Waals surface area contributed by atoms with Crippen molar-refractivity contribution in [1.82, 2.24) is 0 Å². The summed E-state index contributed by atoms with van der Waals surface area (Å²) in [5.41, 5.74) is 2.57. The molecule has 0 N–H and O–H groups in total. The van der Waals surface area contributed by atoms with Crippen molar-refractivity contribution in [3.63, 3.8) is 0 Å². The molecule has 1 heteroatoms. The molecule has 1 aromatic carbocycles. The van der Waals surface area contributed by atoms with Crippen molar-refractivity contribution in [2.24, 2.45) is 5.92 Å². The SMILES string of the molecule is C/C=C\c1cc(OCC2CCCCC2)ccc1C. The highest BCUT2D eigenvalue weighted by Gasteiger charge is 2.13. The van der Waals surface area contributed by atoms with Crippen LogP contribution in [0.3, 0.4) is 0 Å². The summed E-state index contributed by atoms with van der Waals surface area (Å²) >= 11 is 0. The number of rotatable bonds is 4. The summed E-state index contributed by atoms with van der Waals surface area (Å²) < 4.78 is 5.95. The quantitative estimate of drug-likeness (QED) is 0.725. The third-order valence-corrected chi connectivity index (χ3v) is 3.81. The van der Waals surface area contributed by atoms with Crippen LogP contribution in [-0.4, -0.2) is 6.61 Å². The van der Waals surface area contributed by atoms with Gasteiger partial charge < -0.3 is 4.74 Å². The first-order chi connectivity index (χ1) is 8.79. The molecule has 0 unspecified atom stereocenters. The standard InChI is InChI=1S/C17H24O/c1-3-7-16-12-17(11-10-14(16)2)18-13-15-8-5-4-6-9-15/h3,7,10-12,15H,4-6,8-9,13H2,1-2H3/b7-3-. The molecule has 1 aliphatic carbocycles. The van der Waals surface area contributed by atoms with E-state index in [0.29, 0.717) is 0 Å². The van der Waals surface area contributed by atoms with Gasteiger partial charge in [0.1, 0.15) is 5.75 Å². The fourth-order valence-corrected chi connectivity index (χ4v) is 2.64. The molecule has 98 valence electrons. The van der Waals surface area contributed by atoms with Crippen molar-refractivity contribution >= 4 is 6.08 Å². The van der Waals surface area contributed by atoms with Crippen LogP contribution >= 0.6 is 0 Å². The first-order valence-corrected chi connectivity index (χ1v) is 7.15. The molecule has 0 aromatic heterocycles. The van der Waals surface area contributed by atoms with Gasteiger partial charge in [0.15, 0.2) is 0 Å². The highest BCUT2D eigenvalue weighted by atomic mass is 16.5. The Morgan fingerprint density at radius 1 is 1.22 bits per heavy atom. The van der Waals surface area contributed by atoms with Crippen LogP contribution in [0.15, 0.2) is 24.3 Å². The number of aryl methyl sites for hydroxylation is 1. The van der Waals surface area contributed by atoms with Crippen molar-refractivity contribution < 1.29 is 4.74 Å². The summed E-state index contributed by atoms with van der Waals surface area (Å²) in [7, 11) is 0. The number of hydrogen-bond acceptors (Lipinski definition) is 1. The predicted molar refractivity (Wildman–Crippen MR) is 78.0 cm³/mol. The summed E-state index contributed by atoms with van der Waals surface area (Å²) in [5, 5.41) is 0. The minimum Gasteiger partial charge on any atom is -0.493 e. The Balaban J connectivity index is 1.94. The van der Waals surface area contributed by atoms with Crippen LogP contribution in [0, 0.1) is 12.8 Å². The normalized spacial score (nSPS) is 17.2. The maximum atomic E-state index is 5.95. The van der Waals surface area contributed by atoms with Gasteiger partial charge in [-0.2, -0.15) is 0 Å². The molecule has 1 nitrogen and oxygen atoms in total. The maximum absolute atomic E-state index is 5.95. The highest BCUT2D eigenvalue weighted by molar-refractivity contribution is 5.55. The van der Waals surface area contributed by atoms with Gasteiger partial charge in [0.25, 0.3) is 0 Å². The smallest absolute Gasteiger partial charge is 0.119 e. The molecule has 0 radical (unpaired) electrons. The van der Waals surface area contributed by atoms with Crippen LogP contribution in [0.4, 0.5) is 0 Å². The molecule has 18 heavy (non-hydrogen) atoms. The second-order valence-corrected chi connectivity index (χ2v) is 5.33. The Morgan fingerprint density at radius 3 is 2.72 bits per heavy atom. The average Bonchev–Trinajstić information content (AvgIpc) is 2.41. The monoisotopic (exact) mass is 244 g/mol. The lowest BCUT2D eigenvalue weighted by Crippen LogP contribution is -2.15. The third kappa shape index (κ3) is 3.63. The molecule has 1 aliphatic rings. The van der Waals surface area contributed by atoms with E-state index in [1.165, 1.54) is 43.2 Å². The zero-order valence-corrected chi connectivity index (χ0v) is 11.6.